The fraction of sp³-hybridized carbons (Fsp3) is 0.364. The highest BCUT2D eigenvalue weighted by atomic mass is 16.6. The van der Waals surface area contributed by atoms with Crippen LogP contribution < -0.4 is 20.1 Å². The van der Waals surface area contributed by atoms with E-state index in [-0.39, 0.29) is 31.0 Å². The van der Waals surface area contributed by atoms with Gasteiger partial charge in [-0.25, -0.2) is 14.4 Å². The van der Waals surface area contributed by atoms with Crippen molar-refractivity contribution in [2.45, 2.75) is 26.9 Å². The standard InChI is InChI=1S/C22H25N3O8/c1-4-30-21(28)19-12(2)18(13(3)24-19)20(27)32-11-17(26)25-22(29)23-9-14-10-31-15-7-5-6-8-16(15)33-14/h5-8,14,24H,4,9-11H2,1-3H3,(H2,23,25,26,29). The lowest BCUT2D eigenvalue weighted by molar-refractivity contribution is -0.123. The summed E-state index contributed by atoms with van der Waals surface area (Å²) in [6.45, 7) is 4.68. The van der Waals surface area contributed by atoms with Gasteiger partial charge in [-0.3, -0.25) is 10.1 Å². The van der Waals surface area contributed by atoms with Gasteiger partial charge in [-0.2, -0.15) is 0 Å². The summed E-state index contributed by atoms with van der Waals surface area (Å²) in [6.07, 6.45) is -0.424. The lowest BCUT2D eigenvalue weighted by Gasteiger charge is -2.26. The molecule has 0 saturated heterocycles. The Morgan fingerprint density at radius 3 is 2.55 bits per heavy atom. The SMILES string of the molecule is CCOC(=O)c1[nH]c(C)c(C(=O)OCC(=O)NC(=O)NCC2COc3ccccc3O2)c1C. The first-order valence-corrected chi connectivity index (χ1v) is 10.3. The van der Waals surface area contributed by atoms with Crippen molar-refractivity contribution in [1.82, 2.24) is 15.6 Å². The van der Waals surface area contributed by atoms with Gasteiger partial charge >= 0.3 is 18.0 Å². The number of nitrogens with one attached hydrogen (secondary N) is 3. The van der Waals surface area contributed by atoms with Crippen molar-refractivity contribution in [1.29, 1.82) is 0 Å². The molecule has 1 unspecified atom stereocenters. The number of amides is 3. The van der Waals surface area contributed by atoms with Crippen LogP contribution in [0.4, 0.5) is 4.79 Å². The summed E-state index contributed by atoms with van der Waals surface area (Å²) in [5.74, 6) is -1.03. The number of hydrogen-bond donors (Lipinski definition) is 3. The minimum atomic E-state index is -0.816. The number of aryl methyl sites for hydroxylation is 1. The molecule has 3 rings (SSSR count). The molecule has 1 aliphatic rings. The zero-order valence-electron chi connectivity index (χ0n) is 18.5. The first kappa shape index (κ1) is 23.6. The number of imide groups is 1. The highest BCUT2D eigenvalue weighted by molar-refractivity contribution is 6.00. The number of esters is 2. The highest BCUT2D eigenvalue weighted by Gasteiger charge is 2.25. The zero-order valence-corrected chi connectivity index (χ0v) is 18.5. The monoisotopic (exact) mass is 459 g/mol. The van der Waals surface area contributed by atoms with E-state index in [1.807, 2.05) is 6.07 Å². The maximum Gasteiger partial charge on any atom is 0.355 e. The first-order chi connectivity index (χ1) is 15.8. The van der Waals surface area contributed by atoms with Crippen LogP contribution in [0.3, 0.4) is 0 Å². The van der Waals surface area contributed by atoms with E-state index in [1.165, 1.54) is 0 Å². The number of ether oxygens (including phenoxy) is 4. The molecule has 1 atom stereocenters. The molecular weight excluding hydrogens is 434 g/mol. The van der Waals surface area contributed by atoms with Crippen molar-refractivity contribution >= 4 is 23.9 Å². The van der Waals surface area contributed by atoms with Crippen LogP contribution in [0.25, 0.3) is 0 Å². The lowest BCUT2D eigenvalue weighted by atomic mass is 10.1. The topological polar surface area (TPSA) is 145 Å². The Morgan fingerprint density at radius 2 is 1.82 bits per heavy atom. The van der Waals surface area contributed by atoms with Crippen molar-refractivity contribution in [3.05, 3.63) is 46.8 Å². The molecule has 0 fully saturated rings. The van der Waals surface area contributed by atoms with Gasteiger partial charge < -0.3 is 29.2 Å². The van der Waals surface area contributed by atoms with Gasteiger partial charge in [0.05, 0.1) is 18.7 Å². The number of aromatic amines is 1. The highest BCUT2D eigenvalue weighted by Crippen LogP contribution is 2.30. The van der Waals surface area contributed by atoms with Gasteiger partial charge in [-0.05, 0) is 38.5 Å². The minimum Gasteiger partial charge on any atom is -0.486 e. The van der Waals surface area contributed by atoms with E-state index in [9.17, 15) is 19.2 Å². The van der Waals surface area contributed by atoms with E-state index in [1.54, 1.807) is 39.0 Å². The second kappa shape index (κ2) is 10.5. The number of urea groups is 1. The molecule has 0 spiro atoms. The number of hydrogen-bond acceptors (Lipinski definition) is 8. The summed E-state index contributed by atoms with van der Waals surface area (Å²) in [5.41, 5.74) is 1.02. The van der Waals surface area contributed by atoms with Crippen LogP contribution in [0, 0.1) is 13.8 Å². The number of aromatic nitrogens is 1. The molecule has 3 amide bonds. The molecule has 2 aromatic rings. The smallest absolute Gasteiger partial charge is 0.355 e. The predicted octanol–water partition coefficient (Wildman–Crippen LogP) is 1.63. The van der Waals surface area contributed by atoms with E-state index in [2.05, 4.69) is 15.6 Å². The summed E-state index contributed by atoms with van der Waals surface area (Å²) in [4.78, 5) is 51.1. The molecule has 2 heterocycles. The fourth-order valence-electron chi connectivity index (χ4n) is 3.24. The molecule has 0 aliphatic carbocycles. The Kier molecular flexibility index (Phi) is 7.54. The molecule has 0 radical (unpaired) electrons. The molecule has 33 heavy (non-hydrogen) atoms. The van der Waals surface area contributed by atoms with Crippen LogP contribution in [0.1, 0.15) is 39.0 Å². The summed E-state index contributed by atoms with van der Waals surface area (Å²) in [5, 5.41) is 4.58. The number of fused-ring (bicyclic) bond motifs is 1. The largest absolute Gasteiger partial charge is 0.486 e. The van der Waals surface area contributed by atoms with Gasteiger partial charge in [0.15, 0.2) is 24.2 Å². The molecule has 1 aliphatic heterocycles. The van der Waals surface area contributed by atoms with Crippen molar-refractivity contribution < 1.29 is 38.1 Å². The summed E-state index contributed by atoms with van der Waals surface area (Å²) in [6, 6.07) is 6.39. The molecule has 11 heteroatoms. The summed E-state index contributed by atoms with van der Waals surface area (Å²) < 4.78 is 21.2. The van der Waals surface area contributed by atoms with Gasteiger partial charge in [-0.15, -0.1) is 0 Å². The first-order valence-electron chi connectivity index (χ1n) is 10.3. The molecule has 0 bridgehead atoms. The number of carbonyl (C=O) groups excluding carboxylic acids is 4. The fourth-order valence-corrected chi connectivity index (χ4v) is 3.24. The van der Waals surface area contributed by atoms with Crippen molar-refractivity contribution in [2.24, 2.45) is 0 Å². The van der Waals surface area contributed by atoms with E-state index in [0.717, 1.165) is 0 Å². The van der Waals surface area contributed by atoms with Crippen LogP contribution in [0.5, 0.6) is 11.5 Å². The van der Waals surface area contributed by atoms with Crippen LogP contribution in [-0.2, 0) is 14.3 Å². The Morgan fingerprint density at radius 1 is 1.09 bits per heavy atom. The van der Waals surface area contributed by atoms with Crippen LogP contribution in [0.2, 0.25) is 0 Å². The van der Waals surface area contributed by atoms with E-state index in [4.69, 9.17) is 18.9 Å². The van der Waals surface area contributed by atoms with Crippen molar-refractivity contribution in [2.75, 3.05) is 26.4 Å². The third-order valence-corrected chi connectivity index (χ3v) is 4.77. The molecule has 176 valence electrons. The Balaban J connectivity index is 1.44. The van der Waals surface area contributed by atoms with Gasteiger partial charge in [0, 0.05) is 5.69 Å². The van der Waals surface area contributed by atoms with Crippen molar-refractivity contribution in [3.8, 4) is 11.5 Å². The predicted molar refractivity (Wildman–Crippen MR) is 114 cm³/mol. The van der Waals surface area contributed by atoms with Gasteiger partial charge in [-0.1, -0.05) is 12.1 Å². The number of para-hydroxylation sites is 2. The number of rotatable bonds is 7. The van der Waals surface area contributed by atoms with Gasteiger partial charge in [0.1, 0.15) is 12.3 Å². The van der Waals surface area contributed by atoms with Gasteiger partial charge in [0.2, 0.25) is 0 Å². The summed E-state index contributed by atoms with van der Waals surface area (Å²) in [7, 11) is 0. The maximum absolute atomic E-state index is 12.4. The quantitative estimate of drug-likeness (QED) is 0.530. The Bertz CT molecular complexity index is 1060. The van der Waals surface area contributed by atoms with Gasteiger partial charge in [0.25, 0.3) is 5.91 Å². The third kappa shape index (κ3) is 5.82. The third-order valence-electron chi connectivity index (χ3n) is 4.77. The molecular formula is C22H25N3O8. The van der Waals surface area contributed by atoms with Crippen LogP contribution in [-0.4, -0.2) is 61.3 Å². The average molecular weight is 459 g/mol. The van der Waals surface area contributed by atoms with Crippen LogP contribution in [0.15, 0.2) is 24.3 Å². The number of H-pyrrole nitrogens is 1. The second-order valence-corrected chi connectivity index (χ2v) is 7.18. The zero-order chi connectivity index (χ0) is 24.0. The second-order valence-electron chi connectivity index (χ2n) is 7.18. The number of benzene rings is 1. The van der Waals surface area contributed by atoms with E-state index in [0.29, 0.717) is 22.8 Å². The van der Waals surface area contributed by atoms with E-state index >= 15 is 0 Å². The van der Waals surface area contributed by atoms with E-state index < -0.39 is 36.6 Å². The minimum absolute atomic E-state index is 0.103. The Labute approximate surface area is 189 Å². The maximum atomic E-state index is 12.4. The molecule has 0 saturated carbocycles. The Hall–Kier alpha value is -4.02. The average Bonchev–Trinajstić information content (AvgIpc) is 3.10. The number of carbonyl (C=O) groups is 4. The van der Waals surface area contributed by atoms with Crippen molar-refractivity contribution in [3.63, 3.8) is 0 Å². The molecule has 1 aromatic heterocycles. The molecule has 3 N–H and O–H groups in total. The summed E-state index contributed by atoms with van der Waals surface area (Å²) >= 11 is 0. The molecule has 1 aromatic carbocycles. The normalized spacial score (nSPS) is 14.2. The molecule has 11 nitrogen and oxygen atoms in total. The van der Waals surface area contributed by atoms with Crippen LogP contribution >= 0.6 is 0 Å². The lowest BCUT2D eigenvalue weighted by Crippen LogP contribution is -2.46.